The number of hydrogen-bond acceptors (Lipinski definition) is 15. The number of esters is 4. The van der Waals surface area contributed by atoms with Gasteiger partial charge in [-0.05, 0) is 49.4 Å². The first-order chi connectivity index (χ1) is 46.2. The Morgan fingerprint density at radius 3 is 0.740 bits per heavy atom. The molecule has 0 aromatic heterocycles. The highest BCUT2D eigenvalue weighted by Crippen LogP contribution is 2.45. The van der Waals surface area contributed by atoms with Gasteiger partial charge in [-0.15, -0.1) is 0 Å². The molecule has 19 heteroatoms. The van der Waals surface area contributed by atoms with Gasteiger partial charge in [-0.3, -0.25) is 37.3 Å². The Hall–Kier alpha value is -1.94. The first-order valence-corrected chi connectivity index (χ1v) is 42.8. The van der Waals surface area contributed by atoms with Crippen LogP contribution in [0.25, 0.3) is 0 Å². The largest absolute Gasteiger partial charge is 0.472 e. The molecule has 0 radical (unpaired) electrons. The van der Waals surface area contributed by atoms with E-state index in [1.165, 1.54) is 186 Å². The number of aliphatic hydroxyl groups excluding tert-OH is 1. The van der Waals surface area contributed by atoms with Gasteiger partial charge in [0.05, 0.1) is 26.4 Å². The molecule has 0 saturated heterocycles. The third-order valence-electron chi connectivity index (χ3n) is 18.9. The second-order valence-corrected chi connectivity index (χ2v) is 31.9. The monoisotopic (exact) mass is 1410 g/mol. The van der Waals surface area contributed by atoms with Gasteiger partial charge in [0.15, 0.2) is 12.2 Å². The average Bonchev–Trinajstić information content (AvgIpc) is 1.16. The Morgan fingerprint density at radius 1 is 0.292 bits per heavy atom. The van der Waals surface area contributed by atoms with Crippen LogP contribution in [0.3, 0.4) is 0 Å². The van der Waals surface area contributed by atoms with Crippen molar-refractivity contribution < 1.29 is 80.2 Å². The van der Waals surface area contributed by atoms with Crippen LogP contribution < -0.4 is 0 Å². The number of unbranched alkanes of at least 4 members (excludes halogenated alkanes) is 37. The zero-order valence-corrected chi connectivity index (χ0v) is 64.8. The molecule has 0 rings (SSSR count). The van der Waals surface area contributed by atoms with Gasteiger partial charge < -0.3 is 33.8 Å². The van der Waals surface area contributed by atoms with Gasteiger partial charge in [0.25, 0.3) is 0 Å². The highest BCUT2D eigenvalue weighted by molar-refractivity contribution is 7.47. The summed E-state index contributed by atoms with van der Waals surface area (Å²) in [5, 5.41) is 10.6. The fourth-order valence-electron chi connectivity index (χ4n) is 11.6. The fraction of sp³-hybridized carbons (Fsp3) is 0.948. The van der Waals surface area contributed by atoms with E-state index in [-0.39, 0.29) is 25.7 Å². The quantitative estimate of drug-likeness (QED) is 0.0222. The molecule has 0 bridgehead atoms. The molecule has 0 aliphatic rings. The Labute approximate surface area is 588 Å². The molecule has 0 aromatic carbocycles. The van der Waals surface area contributed by atoms with Gasteiger partial charge in [-0.25, -0.2) is 9.13 Å². The molecule has 6 unspecified atom stereocenters. The SMILES string of the molecule is CCC(C)CCCCCCCCCCCCCCCCC(=O)OC[C@H](COP(=O)(O)OCC(O)COP(=O)(O)OC[C@@H](COC(=O)CCCCCCCCCC(C)C)OC(=O)CCCCCCCCCCCCCCCCC(C)CC)OC(=O)CCCCCCCCC(C)CC. The van der Waals surface area contributed by atoms with Crippen molar-refractivity contribution in [1.29, 1.82) is 0 Å². The van der Waals surface area contributed by atoms with Crippen LogP contribution in [0.2, 0.25) is 0 Å². The van der Waals surface area contributed by atoms with Gasteiger partial charge in [0.2, 0.25) is 0 Å². The van der Waals surface area contributed by atoms with Crippen LogP contribution in [0.1, 0.15) is 389 Å². The minimum atomic E-state index is -4.96. The van der Waals surface area contributed by atoms with E-state index in [1.54, 1.807) is 0 Å². The molecule has 0 amide bonds. The van der Waals surface area contributed by atoms with Crippen molar-refractivity contribution in [3.63, 3.8) is 0 Å². The van der Waals surface area contributed by atoms with Crippen molar-refractivity contribution in [2.24, 2.45) is 23.7 Å². The molecule has 96 heavy (non-hydrogen) atoms. The van der Waals surface area contributed by atoms with Crippen molar-refractivity contribution in [2.45, 2.75) is 408 Å². The number of phosphoric ester groups is 2. The molecular formula is C77H150O17P2. The van der Waals surface area contributed by atoms with Crippen LogP contribution in [0.15, 0.2) is 0 Å². The number of rotatable bonds is 74. The summed E-state index contributed by atoms with van der Waals surface area (Å²) in [6, 6.07) is 0. The Balaban J connectivity index is 5.19. The Kier molecular flexibility index (Phi) is 65.0. The van der Waals surface area contributed by atoms with Gasteiger partial charge in [-0.2, -0.15) is 0 Å². The summed E-state index contributed by atoms with van der Waals surface area (Å²) in [4.78, 5) is 72.8. The molecule has 8 atom stereocenters. The van der Waals surface area contributed by atoms with Gasteiger partial charge in [0.1, 0.15) is 19.3 Å². The van der Waals surface area contributed by atoms with E-state index in [0.29, 0.717) is 31.6 Å². The van der Waals surface area contributed by atoms with E-state index in [4.69, 9.17) is 37.0 Å². The van der Waals surface area contributed by atoms with Crippen molar-refractivity contribution in [3.05, 3.63) is 0 Å². The summed E-state index contributed by atoms with van der Waals surface area (Å²) in [6.07, 6.45) is 51.4. The fourth-order valence-corrected chi connectivity index (χ4v) is 13.2. The maximum absolute atomic E-state index is 13.1. The van der Waals surface area contributed by atoms with Crippen LogP contribution in [-0.2, 0) is 65.4 Å². The summed E-state index contributed by atoms with van der Waals surface area (Å²) in [6.45, 7) is 14.2. The molecule has 0 heterocycles. The normalized spacial score (nSPS) is 15.0. The maximum Gasteiger partial charge on any atom is 0.472 e. The van der Waals surface area contributed by atoms with Crippen LogP contribution >= 0.6 is 15.6 Å². The minimum absolute atomic E-state index is 0.103. The smallest absolute Gasteiger partial charge is 0.462 e. The van der Waals surface area contributed by atoms with Gasteiger partial charge in [0, 0.05) is 25.7 Å². The molecule has 0 aliphatic carbocycles. The number of carbonyl (C=O) groups excluding carboxylic acids is 4. The van der Waals surface area contributed by atoms with Crippen LogP contribution in [0.4, 0.5) is 0 Å². The zero-order chi connectivity index (χ0) is 71.0. The molecule has 17 nitrogen and oxygen atoms in total. The summed E-state index contributed by atoms with van der Waals surface area (Å²) in [7, 11) is -9.91. The highest BCUT2D eigenvalue weighted by atomic mass is 31.2. The van der Waals surface area contributed by atoms with Crippen molar-refractivity contribution >= 4 is 39.5 Å². The molecule has 0 spiro atoms. The van der Waals surface area contributed by atoms with E-state index in [0.717, 1.165) is 114 Å². The summed E-state index contributed by atoms with van der Waals surface area (Å²) >= 11 is 0. The third kappa shape index (κ3) is 66.6. The van der Waals surface area contributed by atoms with Crippen molar-refractivity contribution in [3.8, 4) is 0 Å². The summed E-state index contributed by atoms with van der Waals surface area (Å²) in [5.41, 5.74) is 0. The van der Waals surface area contributed by atoms with E-state index in [1.807, 2.05) is 0 Å². The average molecular weight is 1410 g/mol. The second kappa shape index (κ2) is 66.3. The predicted molar refractivity (Wildman–Crippen MR) is 391 cm³/mol. The summed E-state index contributed by atoms with van der Waals surface area (Å²) in [5.74, 6) is 0.998. The first-order valence-electron chi connectivity index (χ1n) is 39.8. The maximum atomic E-state index is 13.1. The van der Waals surface area contributed by atoms with Crippen molar-refractivity contribution in [1.82, 2.24) is 0 Å². The number of phosphoric acid groups is 2. The number of aliphatic hydroxyl groups is 1. The molecule has 0 aromatic rings. The molecular weight excluding hydrogens is 1260 g/mol. The highest BCUT2D eigenvalue weighted by Gasteiger charge is 2.30. The number of carbonyl (C=O) groups is 4. The Bertz CT molecular complexity index is 1890. The third-order valence-corrected chi connectivity index (χ3v) is 20.8. The van der Waals surface area contributed by atoms with Gasteiger partial charge >= 0.3 is 39.5 Å². The lowest BCUT2D eigenvalue weighted by Gasteiger charge is -2.21. The molecule has 0 aliphatic heterocycles. The second-order valence-electron chi connectivity index (χ2n) is 28.9. The lowest BCUT2D eigenvalue weighted by Crippen LogP contribution is -2.30. The molecule has 3 N–H and O–H groups in total. The molecule has 0 saturated carbocycles. The predicted octanol–water partition coefficient (Wildman–Crippen LogP) is 22.4. The number of hydrogen-bond donors (Lipinski definition) is 3. The lowest BCUT2D eigenvalue weighted by atomic mass is 9.99. The summed E-state index contributed by atoms with van der Waals surface area (Å²) < 4.78 is 68.5. The number of ether oxygens (including phenoxy) is 4. The topological polar surface area (TPSA) is 237 Å². The van der Waals surface area contributed by atoms with Crippen molar-refractivity contribution in [2.75, 3.05) is 39.6 Å². The van der Waals surface area contributed by atoms with E-state index in [9.17, 15) is 43.2 Å². The lowest BCUT2D eigenvalue weighted by molar-refractivity contribution is -0.161. The van der Waals surface area contributed by atoms with Crippen LogP contribution in [0.5, 0.6) is 0 Å². The van der Waals surface area contributed by atoms with E-state index >= 15 is 0 Å². The van der Waals surface area contributed by atoms with Crippen LogP contribution in [0, 0.1) is 23.7 Å². The molecule has 0 fully saturated rings. The molecule has 570 valence electrons. The standard InChI is InChI=1S/C77H150O17P2/c1-9-68(6)54-46-38-30-24-20-16-12-14-18-22-26-32-41-49-57-74(79)87-64-73(94-77(82)60-52-44-36-35-40-48-56-70(8)11-3)66-92-96(85,86)90-62-71(78)61-89-95(83,84)91-65-72(63-88-75(80)58-50-42-34-28-29-37-45-53-67(4)5)93-76(81)59-51-43-33-27-23-19-15-13-17-21-25-31-39-47-55-69(7)10-2/h67-73,78H,9-66H2,1-8H3,(H,83,84)(H,85,86)/t68?,69?,70?,71?,72-,73-/m1/s1. The van der Waals surface area contributed by atoms with Crippen LogP contribution in [-0.4, -0.2) is 96.7 Å². The minimum Gasteiger partial charge on any atom is -0.462 e. The Morgan fingerprint density at radius 2 is 0.500 bits per heavy atom. The first kappa shape index (κ1) is 94.1. The van der Waals surface area contributed by atoms with E-state index < -0.39 is 97.5 Å². The van der Waals surface area contributed by atoms with Gasteiger partial charge in [-0.1, -0.05) is 338 Å². The van der Waals surface area contributed by atoms with E-state index in [2.05, 4.69) is 55.4 Å². The zero-order valence-electron chi connectivity index (χ0n) is 63.0.